The highest BCUT2D eigenvalue weighted by Crippen LogP contribution is 2.28. The third-order valence-electron chi connectivity index (χ3n) is 5.22. The molecule has 0 bridgehead atoms. The average Bonchev–Trinajstić information content (AvgIpc) is 2.82. The predicted octanol–water partition coefficient (Wildman–Crippen LogP) is 3.10. The van der Waals surface area contributed by atoms with E-state index in [2.05, 4.69) is 11.4 Å². The molecule has 6 heteroatoms. The van der Waals surface area contributed by atoms with Crippen molar-refractivity contribution in [1.29, 1.82) is 0 Å². The van der Waals surface area contributed by atoms with E-state index in [1.807, 2.05) is 48.5 Å². The monoisotopic (exact) mass is 404 g/mol. The van der Waals surface area contributed by atoms with Crippen molar-refractivity contribution >= 4 is 22.6 Å². The van der Waals surface area contributed by atoms with E-state index in [4.69, 9.17) is 9.47 Å². The van der Waals surface area contributed by atoms with Gasteiger partial charge in [0.05, 0.1) is 13.2 Å². The molecule has 3 aromatic rings. The van der Waals surface area contributed by atoms with Gasteiger partial charge in [0.15, 0.2) is 6.61 Å². The number of ether oxygens (including phenoxy) is 2. The number of amides is 2. The first-order valence-electron chi connectivity index (χ1n) is 9.99. The number of carbonyl (C=O) groups is 2. The normalized spacial score (nSPS) is 13.8. The summed E-state index contributed by atoms with van der Waals surface area (Å²) in [5.41, 5.74) is 2.59. The largest absolute Gasteiger partial charge is 0.484 e. The molecular formula is C24H24N2O4. The Morgan fingerprint density at radius 2 is 1.73 bits per heavy atom. The van der Waals surface area contributed by atoms with Gasteiger partial charge in [0.1, 0.15) is 5.75 Å². The predicted molar refractivity (Wildman–Crippen MR) is 116 cm³/mol. The van der Waals surface area contributed by atoms with Crippen LogP contribution < -0.4 is 10.1 Å². The maximum atomic E-state index is 12.3. The summed E-state index contributed by atoms with van der Waals surface area (Å²) < 4.78 is 11.0. The number of morpholine rings is 1. The molecule has 1 aliphatic rings. The second-order valence-electron chi connectivity index (χ2n) is 7.17. The van der Waals surface area contributed by atoms with Crippen LogP contribution in [0.15, 0.2) is 60.7 Å². The van der Waals surface area contributed by atoms with Gasteiger partial charge in [-0.2, -0.15) is 0 Å². The highest BCUT2D eigenvalue weighted by Gasteiger charge is 2.17. The lowest BCUT2D eigenvalue weighted by atomic mass is 9.99. The smallest absolute Gasteiger partial charge is 0.260 e. The number of hydrogen-bond acceptors (Lipinski definition) is 4. The summed E-state index contributed by atoms with van der Waals surface area (Å²) in [7, 11) is 1.62. The molecule has 0 radical (unpaired) electrons. The fourth-order valence-corrected chi connectivity index (χ4v) is 3.53. The fourth-order valence-electron chi connectivity index (χ4n) is 3.53. The van der Waals surface area contributed by atoms with E-state index in [0.29, 0.717) is 37.6 Å². The van der Waals surface area contributed by atoms with Crippen molar-refractivity contribution in [2.75, 3.05) is 40.0 Å². The number of nitrogens with zero attached hydrogens (tertiary/aromatic N) is 1. The topological polar surface area (TPSA) is 67.9 Å². The fraction of sp³-hybridized carbons (Fsp3) is 0.250. The van der Waals surface area contributed by atoms with E-state index in [-0.39, 0.29) is 18.4 Å². The second-order valence-corrected chi connectivity index (χ2v) is 7.17. The Labute approximate surface area is 175 Å². The van der Waals surface area contributed by atoms with Gasteiger partial charge in [-0.05, 0) is 52.2 Å². The van der Waals surface area contributed by atoms with Gasteiger partial charge in [-0.3, -0.25) is 9.59 Å². The van der Waals surface area contributed by atoms with Crippen LogP contribution in [0.25, 0.3) is 21.9 Å². The molecule has 0 saturated carbocycles. The summed E-state index contributed by atoms with van der Waals surface area (Å²) in [4.78, 5) is 26.0. The maximum absolute atomic E-state index is 12.3. The van der Waals surface area contributed by atoms with E-state index < -0.39 is 0 Å². The number of nitrogens with one attached hydrogen (secondary N) is 1. The van der Waals surface area contributed by atoms with Crippen LogP contribution in [0, 0.1) is 0 Å². The van der Waals surface area contributed by atoms with Gasteiger partial charge in [0, 0.05) is 25.7 Å². The molecule has 1 fully saturated rings. The van der Waals surface area contributed by atoms with Crippen molar-refractivity contribution in [1.82, 2.24) is 10.2 Å². The highest BCUT2D eigenvalue weighted by atomic mass is 16.5. The first-order valence-corrected chi connectivity index (χ1v) is 9.99. The molecule has 1 aliphatic heterocycles. The molecule has 0 aliphatic carbocycles. The quantitative estimate of drug-likeness (QED) is 0.710. The molecule has 3 aromatic carbocycles. The molecule has 0 atom stereocenters. The number of benzene rings is 3. The minimum absolute atomic E-state index is 0.0133. The van der Waals surface area contributed by atoms with Gasteiger partial charge in [-0.1, -0.05) is 30.3 Å². The van der Waals surface area contributed by atoms with Crippen LogP contribution in [0.4, 0.5) is 0 Å². The second kappa shape index (κ2) is 8.97. The zero-order chi connectivity index (χ0) is 20.9. The number of hydrogen-bond donors (Lipinski definition) is 1. The third-order valence-corrected chi connectivity index (χ3v) is 5.22. The first kappa shape index (κ1) is 19.9. The molecule has 1 N–H and O–H groups in total. The van der Waals surface area contributed by atoms with Gasteiger partial charge in [0.2, 0.25) is 0 Å². The standard InChI is InChI=1S/C24H24N2O4/c1-25-24(28)20-4-2-3-18(13-20)19-6-5-17-7-8-22(15-21(17)14-19)30-16-23(27)26-9-11-29-12-10-26/h2-8,13-15H,9-12,16H2,1H3,(H,25,28). The average molecular weight is 404 g/mol. The summed E-state index contributed by atoms with van der Waals surface area (Å²) in [6.45, 7) is 2.38. The van der Waals surface area contributed by atoms with Crippen LogP contribution in [-0.4, -0.2) is 56.7 Å². The minimum atomic E-state index is -0.113. The number of carbonyl (C=O) groups excluding carboxylic acids is 2. The van der Waals surface area contributed by atoms with Gasteiger partial charge in [-0.15, -0.1) is 0 Å². The van der Waals surface area contributed by atoms with Crippen molar-refractivity contribution in [3.63, 3.8) is 0 Å². The number of fused-ring (bicyclic) bond motifs is 1. The van der Waals surface area contributed by atoms with Crippen molar-refractivity contribution in [2.45, 2.75) is 0 Å². The van der Waals surface area contributed by atoms with Crippen LogP contribution in [0.2, 0.25) is 0 Å². The Balaban J connectivity index is 1.52. The van der Waals surface area contributed by atoms with Crippen LogP contribution in [0.1, 0.15) is 10.4 Å². The Hall–Kier alpha value is -3.38. The molecule has 6 nitrogen and oxygen atoms in total. The molecule has 2 amide bonds. The Morgan fingerprint density at radius 3 is 2.53 bits per heavy atom. The Bertz CT molecular complexity index is 1070. The van der Waals surface area contributed by atoms with Gasteiger partial charge in [0.25, 0.3) is 11.8 Å². The summed E-state index contributed by atoms with van der Waals surface area (Å²) in [5.74, 6) is 0.511. The van der Waals surface area contributed by atoms with E-state index >= 15 is 0 Å². The third kappa shape index (κ3) is 4.44. The summed E-state index contributed by atoms with van der Waals surface area (Å²) >= 11 is 0. The van der Waals surface area contributed by atoms with Crippen molar-refractivity contribution < 1.29 is 19.1 Å². The van der Waals surface area contributed by atoms with E-state index in [0.717, 1.165) is 21.9 Å². The lowest BCUT2D eigenvalue weighted by Gasteiger charge is -2.26. The minimum Gasteiger partial charge on any atom is -0.484 e. The first-order chi connectivity index (χ1) is 14.6. The zero-order valence-corrected chi connectivity index (χ0v) is 16.9. The van der Waals surface area contributed by atoms with Crippen LogP contribution in [0.5, 0.6) is 5.75 Å². The molecule has 1 heterocycles. The maximum Gasteiger partial charge on any atom is 0.260 e. The Morgan fingerprint density at radius 1 is 0.967 bits per heavy atom. The molecule has 0 aromatic heterocycles. The lowest BCUT2D eigenvalue weighted by molar-refractivity contribution is -0.137. The highest BCUT2D eigenvalue weighted by molar-refractivity contribution is 5.96. The summed E-state index contributed by atoms with van der Waals surface area (Å²) in [6, 6.07) is 19.5. The van der Waals surface area contributed by atoms with Crippen LogP contribution >= 0.6 is 0 Å². The van der Waals surface area contributed by atoms with E-state index in [1.165, 1.54) is 0 Å². The molecule has 30 heavy (non-hydrogen) atoms. The van der Waals surface area contributed by atoms with Crippen LogP contribution in [-0.2, 0) is 9.53 Å². The van der Waals surface area contributed by atoms with E-state index in [9.17, 15) is 9.59 Å². The molecule has 0 spiro atoms. The van der Waals surface area contributed by atoms with Crippen molar-refractivity contribution in [2.24, 2.45) is 0 Å². The molecule has 4 rings (SSSR count). The lowest BCUT2D eigenvalue weighted by Crippen LogP contribution is -2.42. The van der Waals surface area contributed by atoms with Gasteiger partial charge in [-0.25, -0.2) is 0 Å². The molecule has 1 saturated heterocycles. The number of rotatable bonds is 5. The van der Waals surface area contributed by atoms with Crippen LogP contribution in [0.3, 0.4) is 0 Å². The summed E-state index contributed by atoms with van der Waals surface area (Å²) in [6.07, 6.45) is 0. The van der Waals surface area contributed by atoms with Crippen molar-refractivity contribution in [3.05, 3.63) is 66.2 Å². The molecule has 0 unspecified atom stereocenters. The summed E-state index contributed by atoms with van der Waals surface area (Å²) in [5, 5.41) is 4.74. The Kier molecular flexibility index (Phi) is 5.95. The zero-order valence-electron chi connectivity index (χ0n) is 16.9. The van der Waals surface area contributed by atoms with Gasteiger partial charge >= 0.3 is 0 Å². The molecular weight excluding hydrogens is 380 g/mol. The molecule has 154 valence electrons. The van der Waals surface area contributed by atoms with E-state index in [1.54, 1.807) is 18.0 Å². The van der Waals surface area contributed by atoms with Crippen molar-refractivity contribution in [3.8, 4) is 16.9 Å². The van der Waals surface area contributed by atoms with Gasteiger partial charge < -0.3 is 19.7 Å². The SMILES string of the molecule is CNC(=O)c1cccc(-c2ccc3ccc(OCC(=O)N4CCOCC4)cc3c2)c1.